The minimum Gasteiger partial charge on any atom is -0.455 e. The summed E-state index contributed by atoms with van der Waals surface area (Å²) in [4.78, 5) is 12.0. The van der Waals surface area contributed by atoms with E-state index in [1.54, 1.807) is 6.07 Å². The molecule has 4 heteroatoms. The number of hydrogen-bond acceptors (Lipinski definition) is 3. The van der Waals surface area contributed by atoms with Gasteiger partial charge in [0.15, 0.2) is 5.75 Å². The Hall–Kier alpha value is -2.07. The van der Waals surface area contributed by atoms with Crippen molar-refractivity contribution in [2.75, 3.05) is 0 Å². The number of rotatable bonds is 1. The van der Waals surface area contributed by atoms with Crippen molar-refractivity contribution in [1.82, 2.24) is 4.57 Å². The Labute approximate surface area is 111 Å². The maximum Gasteiger partial charge on any atom is 0.227 e. The first kappa shape index (κ1) is 12.0. The fraction of sp³-hybridized carbons (Fsp3) is 0.267. The van der Waals surface area contributed by atoms with Crippen molar-refractivity contribution in [1.29, 1.82) is 0 Å². The molecule has 0 aliphatic carbocycles. The summed E-state index contributed by atoms with van der Waals surface area (Å²) in [5, 5.41) is 0. The molecule has 2 aromatic rings. The lowest BCUT2D eigenvalue weighted by Gasteiger charge is -2.28. The SMILES string of the molecule is Cc1cc(=O)c2c(n1C)CO[C@@H](c1ccccc1)O2. The van der Waals surface area contributed by atoms with E-state index in [1.165, 1.54) is 0 Å². The molecule has 98 valence electrons. The zero-order valence-corrected chi connectivity index (χ0v) is 10.9. The molecule has 1 aromatic carbocycles. The van der Waals surface area contributed by atoms with E-state index in [0.29, 0.717) is 12.4 Å². The number of aryl methyl sites for hydroxylation is 1. The number of pyridine rings is 1. The van der Waals surface area contributed by atoms with E-state index in [4.69, 9.17) is 9.47 Å². The number of aromatic nitrogens is 1. The molecule has 1 aliphatic rings. The minimum atomic E-state index is -0.510. The zero-order valence-electron chi connectivity index (χ0n) is 10.9. The molecule has 4 nitrogen and oxygen atoms in total. The van der Waals surface area contributed by atoms with Gasteiger partial charge in [0.2, 0.25) is 11.7 Å². The van der Waals surface area contributed by atoms with Gasteiger partial charge < -0.3 is 14.0 Å². The van der Waals surface area contributed by atoms with E-state index in [2.05, 4.69) is 0 Å². The second-order valence-electron chi connectivity index (χ2n) is 4.66. The molecule has 0 spiro atoms. The van der Waals surface area contributed by atoms with Gasteiger partial charge in [-0.05, 0) is 6.92 Å². The van der Waals surface area contributed by atoms with Crippen molar-refractivity contribution in [3.63, 3.8) is 0 Å². The molecule has 0 saturated carbocycles. The Balaban J connectivity index is 2.01. The smallest absolute Gasteiger partial charge is 0.227 e. The lowest BCUT2D eigenvalue weighted by molar-refractivity contribution is -0.115. The Morgan fingerprint density at radius 3 is 2.74 bits per heavy atom. The summed E-state index contributed by atoms with van der Waals surface area (Å²) in [5.74, 6) is 0.396. The van der Waals surface area contributed by atoms with Crippen molar-refractivity contribution >= 4 is 0 Å². The zero-order chi connectivity index (χ0) is 13.4. The van der Waals surface area contributed by atoms with Crippen LogP contribution in [0.4, 0.5) is 0 Å². The van der Waals surface area contributed by atoms with Crippen molar-refractivity contribution in [3.8, 4) is 5.75 Å². The first-order valence-electron chi connectivity index (χ1n) is 6.19. The minimum absolute atomic E-state index is 0.0881. The normalized spacial score (nSPS) is 17.7. The van der Waals surface area contributed by atoms with Gasteiger partial charge >= 0.3 is 0 Å². The van der Waals surface area contributed by atoms with E-state index in [1.807, 2.05) is 48.9 Å². The fourth-order valence-corrected chi connectivity index (χ4v) is 2.22. The Kier molecular flexibility index (Phi) is 2.87. The fourth-order valence-electron chi connectivity index (χ4n) is 2.22. The van der Waals surface area contributed by atoms with Crippen LogP contribution in [0.15, 0.2) is 41.2 Å². The highest BCUT2D eigenvalue weighted by Gasteiger charge is 2.25. The third-order valence-electron chi connectivity index (χ3n) is 3.43. The third kappa shape index (κ3) is 2.04. The van der Waals surface area contributed by atoms with Gasteiger partial charge in [-0.2, -0.15) is 0 Å². The summed E-state index contributed by atoms with van der Waals surface area (Å²) in [6, 6.07) is 11.2. The lowest BCUT2D eigenvalue weighted by Crippen LogP contribution is -2.26. The van der Waals surface area contributed by atoms with E-state index >= 15 is 0 Å². The van der Waals surface area contributed by atoms with Crippen molar-refractivity contribution in [2.45, 2.75) is 19.8 Å². The molecule has 0 radical (unpaired) electrons. The van der Waals surface area contributed by atoms with E-state index < -0.39 is 6.29 Å². The highest BCUT2D eigenvalue weighted by molar-refractivity contribution is 5.32. The molecule has 0 amide bonds. The number of fused-ring (bicyclic) bond motifs is 1. The molecule has 0 N–H and O–H groups in total. The van der Waals surface area contributed by atoms with Crippen LogP contribution >= 0.6 is 0 Å². The Bertz CT molecular complexity index is 661. The van der Waals surface area contributed by atoms with Crippen LogP contribution in [0.3, 0.4) is 0 Å². The Morgan fingerprint density at radius 2 is 2.00 bits per heavy atom. The Morgan fingerprint density at radius 1 is 1.26 bits per heavy atom. The summed E-state index contributed by atoms with van der Waals surface area (Å²) >= 11 is 0. The molecule has 3 rings (SSSR count). The van der Waals surface area contributed by atoms with Crippen LogP contribution in [0.2, 0.25) is 0 Å². The van der Waals surface area contributed by atoms with Crippen molar-refractivity contribution in [3.05, 3.63) is 63.6 Å². The highest BCUT2D eigenvalue weighted by atomic mass is 16.7. The molecule has 19 heavy (non-hydrogen) atoms. The van der Waals surface area contributed by atoms with Gasteiger partial charge in [-0.1, -0.05) is 30.3 Å². The largest absolute Gasteiger partial charge is 0.455 e. The van der Waals surface area contributed by atoms with Crippen LogP contribution in [0, 0.1) is 6.92 Å². The van der Waals surface area contributed by atoms with Gasteiger partial charge in [-0.25, -0.2) is 0 Å². The van der Waals surface area contributed by atoms with E-state index in [9.17, 15) is 4.79 Å². The summed E-state index contributed by atoms with van der Waals surface area (Å²) < 4.78 is 13.4. The third-order valence-corrected chi connectivity index (χ3v) is 3.43. The van der Waals surface area contributed by atoms with Crippen LogP contribution in [-0.2, 0) is 18.4 Å². The van der Waals surface area contributed by atoms with Crippen LogP contribution in [-0.4, -0.2) is 4.57 Å². The molecular weight excluding hydrogens is 242 g/mol. The molecule has 2 heterocycles. The number of nitrogens with zero attached hydrogens (tertiary/aromatic N) is 1. The van der Waals surface area contributed by atoms with Crippen LogP contribution in [0.25, 0.3) is 0 Å². The number of benzene rings is 1. The molecule has 0 fully saturated rings. The van der Waals surface area contributed by atoms with Crippen LogP contribution in [0.5, 0.6) is 5.75 Å². The maximum atomic E-state index is 12.0. The topological polar surface area (TPSA) is 40.5 Å². The summed E-state index contributed by atoms with van der Waals surface area (Å²) in [5.41, 5.74) is 2.51. The quantitative estimate of drug-likeness (QED) is 0.787. The van der Waals surface area contributed by atoms with Gasteiger partial charge in [0, 0.05) is 24.4 Å². The molecule has 1 aliphatic heterocycles. The lowest BCUT2D eigenvalue weighted by atomic mass is 10.2. The van der Waals surface area contributed by atoms with Gasteiger partial charge in [0.1, 0.15) is 0 Å². The number of ether oxygens (including phenoxy) is 2. The summed E-state index contributed by atoms with van der Waals surface area (Å²) in [7, 11) is 1.91. The predicted molar refractivity (Wildman–Crippen MR) is 71.0 cm³/mol. The van der Waals surface area contributed by atoms with Gasteiger partial charge in [-0.15, -0.1) is 0 Å². The van der Waals surface area contributed by atoms with Gasteiger partial charge in [0.25, 0.3) is 0 Å². The van der Waals surface area contributed by atoms with Gasteiger partial charge in [0.05, 0.1) is 12.3 Å². The van der Waals surface area contributed by atoms with Crippen molar-refractivity contribution < 1.29 is 9.47 Å². The number of hydrogen-bond donors (Lipinski definition) is 0. The van der Waals surface area contributed by atoms with Crippen LogP contribution < -0.4 is 10.2 Å². The average Bonchev–Trinajstić information content (AvgIpc) is 2.45. The molecule has 1 atom stereocenters. The second kappa shape index (κ2) is 4.55. The molecule has 0 bridgehead atoms. The standard InChI is InChI=1S/C15H15NO3/c1-10-8-13(17)14-12(16(10)2)9-18-15(19-14)11-6-4-3-5-7-11/h3-8,15H,9H2,1-2H3/t15-/m1/s1. The first-order valence-corrected chi connectivity index (χ1v) is 6.19. The van der Waals surface area contributed by atoms with Gasteiger partial charge in [-0.3, -0.25) is 4.79 Å². The molecule has 0 saturated heterocycles. The predicted octanol–water partition coefficient (Wildman–Crippen LogP) is 2.30. The average molecular weight is 257 g/mol. The van der Waals surface area contributed by atoms with Crippen molar-refractivity contribution in [2.24, 2.45) is 7.05 Å². The van der Waals surface area contributed by atoms with E-state index in [0.717, 1.165) is 17.0 Å². The molecule has 1 aromatic heterocycles. The first-order chi connectivity index (χ1) is 9.16. The highest BCUT2D eigenvalue weighted by Crippen LogP contribution is 2.30. The molecular formula is C15H15NO3. The maximum absolute atomic E-state index is 12.0. The molecule has 0 unspecified atom stereocenters. The summed E-state index contributed by atoms with van der Waals surface area (Å²) in [6.45, 7) is 2.27. The second-order valence-corrected chi connectivity index (χ2v) is 4.66. The monoisotopic (exact) mass is 257 g/mol. The van der Waals surface area contributed by atoms with E-state index in [-0.39, 0.29) is 5.43 Å². The van der Waals surface area contributed by atoms with Crippen LogP contribution in [0.1, 0.15) is 23.2 Å². The summed E-state index contributed by atoms with van der Waals surface area (Å²) in [6.07, 6.45) is -0.510.